The number of rotatable bonds is 16. The Morgan fingerprint density at radius 3 is 1.69 bits per heavy atom. The average molecular weight is 605 g/mol. The van der Waals surface area contributed by atoms with Crippen molar-refractivity contribution in [2.75, 3.05) is 85.8 Å². The Kier molecular flexibility index (Phi) is 31.2. The lowest BCUT2D eigenvalue weighted by molar-refractivity contribution is -0.126. The van der Waals surface area contributed by atoms with E-state index in [0.717, 1.165) is 38.3 Å². The zero-order chi connectivity index (χ0) is 32.7. The van der Waals surface area contributed by atoms with Gasteiger partial charge in [-0.2, -0.15) is 0 Å². The highest BCUT2D eigenvalue weighted by Crippen LogP contribution is 2.00. The van der Waals surface area contributed by atoms with E-state index in [1.165, 1.54) is 12.2 Å². The number of ether oxygens (including phenoxy) is 2. The lowest BCUT2D eigenvalue weighted by Crippen LogP contribution is -2.56. The van der Waals surface area contributed by atoms with E-state index in [0.29, 0.717) is 26.4 Å². The van der Waals surface area contributed by atoms with Gasteiger partial charge in [-0.3, -0.25) is 19.2 Å². The molecule has 10 N–H and O–H groups in total. The van der Waals surface area contributed by atoms with Crippen LogP contribution in [0.1, 0.15) is 0 Å². The number of carbonyl (C=O) groups is 4. The first-order valence-electron chi connectivity index (χ1n) is 12.8. The topological polar surface area (TPSA) is 245 Å². The molecule has 0 saturated carbocycles. The molecule has 1 fully saturated rings. The summed E-state index contributed by atoms with van der Waals surface area (Å²) in [4.78, 5) is 44.1. The molecule has 1 heterocycles. The van der Waals surface area contributed by atoms with Gasteiger partial charge in [-0.05, 0) is 24.3 Å². The van der Waals surface area contributed by atoms with E-state index in [9.17, 15) is 19.2 Å². The third kappa shape index (κ3) is 25.5. The second-order valence-corrected chi connectivity index (χ2v) is 7.81. The molecule has 16 nitrogen and oxygen atoms in total. The molecule has 4 amide bonds. The highest BCUT2D eigenvalue weighted by atomic mass is 16.5. The maximum absolute atomic E-state index is 10.9. The van der Waals surface area contributed by atoms with Crippen molar-refractivity contribution < 1.29 is 49.1 Å². The van der Waals surface area contributed by atoms with Crippen LogP contribution in [0.25, 0.3) is 0 Å². The minimum atomic E-state index is -1.36. The summed E-state index contributed by atoms with van der Waals surface area (Å²) >= 11 is 0. The number of aliphatic hydroxyl groups is 4. The number of hydrogen-bond acceptors (Lipinski definition) is 12. The molecule has 0 atom stereocenters. The van der Waals surface area contributed by atoms with Gasteiger partial charge in [-0.1, -0.05) is 26.3 Å². The van der Waals surface area contributed by atoms with E-state index < -0.39 is 31.3 Å². The number of piperazine rings is 1. The molecule has 42 heavy (non-hydrogen) atoms. The first kappa shape index (κ1) is 43.0. The van der Waals surface area contributed by atoms with Crippen molar-refractivity contribution in [2.24, 2.45) is 5.73 Å². The predicted molar refractivity (Wildman–Crippen MR) is 156 cm³/mol. The summed E-state index contributed by atoms with van der Waals surface area (Å²) in [6.45, 7) is 16.7. The van der Waals surface area contributed by atoms with Crippen molar-refractivity contribution in [1.82, 2.24) is 26.2 Å². The minimum Gasteiger partial charge on any atom is -0.394 e. The number of amides is 4. The Labute approximate surface area is 246 Å². The van der Waals surface area contributed by atoms with E-state index in [1.807, 2.05) is 0 Å². The van der Waals surface area contributed by atoms with Crippen molar-refractivity contribution in [3.05, 3.63) is 50.6 Å². The summed E-state index contributed by atoms with van der Waals surface area (Å²) in [7, 11) is 0. The number of aliphatic hydroxyl groups excluding tert-OH is 4. The Bertz CT molecular complexity index is 779. The normalized spacial score (nSPS) is 11.8. The zero-order valence-corrected chi connectivity index (χ0v) is 24.1. The SMILES string of the molecule is C=CC(=O)N1CCNCC1.C=CC(=O)NC(CO)(CO)CO.C=CC(=O)NCCOCCOCN.C=CC(=O)NCO. The summed E-state index contributed by atoms with van der Waals surface area (Å²) in [6, 6.07) is 0. The molecule has 0 aromatic heterocycles. The number of hydrogen-bond donors (Lipinski definition) is 9. The molecule has 1 aliphatic heterocycles. The zero-order valence-electron chi connectivity index (χ0n) is 24.1. The van der Waals surface area contributed by atoms with E-state index in [2.05, 4.69) is 47.6 Å². The van der Waals surface area contributed by atoms with E-state index in [4.69, 9.17) is 35.6 Å². The Morgan fingerprint density at radius 1 is 0.786 bits per heavy atom. The van der Waals surface area contributed by atoms with Gasteiger partial charge in [0.15, 0.2) is 0 Å². The molecule has 0 unspecified atom stereocenters. The molecule has 16 heteroatoms. The van der Waals surface area contributed by atoms with Crippen LogP contribution in [-0.4, -0.2) is 140 Å². The van der Waals surface area contributed by atoms with Crippen LogP contribution in [0.3, 0.4) is 0 Å². The highest BCUT2D eigenvalue weighted by molar-refractivity contribution is 5.88. The molecule has 0 radical (unpaired) electrons. The van der Waals surface area contributed by atoms with Gasteiger partial charge < -0.3 is 61.8 Å². The summed E-state index contributed by atoms with van der Waals surface area (Å²) in [5, 5.41) is 44.3. The molecule has 0 aromatic rings. The molecule has 0 spiro atoms. The maximum atomic E-state index is 10.9. The molecule has 242 valence electrons. The second-order valence-electron chi connectivity index (χ2n) is 7.81. The number of nitrogens with one attached hydrogen (secondary N) is 4. The van der Waals surface area contributed by atoms with Crippen LogP contribution in [-0.2, 0) is 28.7 Å². The van der Waals surface area contributed by atoms with Gasteiger partial charge in [0.05, 0.1) is 46.4 Å². The molecule has 1 rings (SSSR count). The van der Waals surface area contributed by atoms with Crippen LogP contribution in [0.2, 0.25) is 0 Å². The summed E-state index contributed by atoms with van der Waals surface area (Å²) in [6.07, 6.45) is 4.68. The standard InChI is InChI=1S/C8H16N2O3.C7H12N2O.C7H13NO4.C4H7NO2/c1-2-8(11)10-3-4-12-5-6-13-7-9;1-2-7(10)9-5-3-8-4-6-9;1-2-6(12)8-7(3-9,4-10)5-11;1-2-4(7)5-3-6/h2H,1,3-7,9H2,(H,10,11);2,8H,1,3-6H2;2,9-11H,1,3-5H2,(H,8,12);2,6H,1,3H2,(H,5,7). The lowest BCUT2D eigenvalue weighted by atomic mass is 10.0. The Balaban J connectivity index is -0.000000493. The molecule has 1 aliphatic rings. The van der Waals surface area contributed by atoms with Gasteiger partial charge in [-0.15, -0.1) is 0 Å². The lowest BCUT2D eigenvalue weighted by Gasteiger charge is -2.27. The third-order valence-electron chi connectivity index (χ3n) is 4.74. The van der Waals surface area contributed by atoms with Crippen LogP contribution < -0.4 is 27.0 Å². The van der Waals surface area contributed by atoms with Crippen LogP contribution in [0.15, 0.2) is 50.6 Å². The van der Waals surface area contributed by atoms with Crippen LogP contribution in [0.5, 0.6) is 0 Å². The molecular weight excluding hydrogens is 556 g/mol. The summed E-state index contributed by atoms with van der Waals surface area (Å²) in [5.74, 6) is -1.06. The minimum absolute atomic E-state index is 0.0431. The highest BCUT2D eigenvalue weighted by Gasteiger charge is 2.28. The van der Waals surface area contributed by atoms with Crippen molar-refractivity contribution >= 4 is 23.6 Å². The average Bonchev–Trinajstić information content (AvgIpc) is 3.04. The number of nitrogens with two attached hydrogens (primary N) is 1. The molecule has 0 aliphatic carbocycles. The molecule has 1 saturated heterocycles. The fraction of sp³-hybridized carbons (Fsp3) is 0.538. The van der Waals surface area contributed by atoms with Crippen LogP contribution in [0, 0.1) is 0 Å². The monoisotopic (exact) mass is 604 g/mol. The largest absolute Gasteiger partial charge is 0.394 e. The van der Waals surface area contributed by atoms with E-state index in [-0.39, 0.29) is 31.2 Å². The van der Waals surface area contributed by atoms with Crippen molar-refractivity contribution in [1.29, 1.82) is 0 Å². The smallest absolute Gasteiger partial charge is 0.246 e. The van der Waals surface area contributed by atoms with Gasteiger partial charge in [0.2, 0.25) is 23.6 Å². The molecular formula is C26H48N6O10. The van der Waals surface area contributed by atoms with Crippen LogP contribution >= 0.6 is 0 Å². The first-order chi connectivity index (χ1) is 20.1. The van der Waals surface area contributed by atoms with Crippen LogP contribution in [0.4, 0.5) is 0 Å². The van der Waals surface area contributed by atoms with Crippen molar-refractivity contribution in [2.45, 2.75) is 5.54 Å². The van der Waals surface area contributed by atoms with Gasteiger partial charge in [0.1, 0.15) is 12.3 Å². The first-order valence-corrected chi connectivity index (χ1v) is 12.8. The van der Waals surface area contributed by atoms with Gasteiger partial charge >= 0.3 is 0 Å². The van der Waals surface area contributed by atoms with Gasteiger partial charge in [0, 0.05) is 32.7 Å². The second kappa shape index (κ2) is 30.5. The van der Waals surface area contributed by atoms with Gasteiger partial charge in [0.25, 0.3) is 0 Å². The number of nitrogens with zero attached hydrogens (tertiary/aromatic N) is 1. The van der Waals surface area contributed by atoms with Crippen molar-refractivity contribution in [3.8, 4) is 0 Å². The summed E-state index contributed by atoms with van der Waals surface area (Å²) < 4.78 is 9.93. The predicted octanol–water partition coefficient (Wildman–Crippen LogP) is -3.92. The Hall–Kier alpha value is -3.48. The molecule has 0 bridgehead atoms. The third-order valence-corrected chi connectivity index (χ3v) is 4.74. The van der Waals surface area contributed by atoms with E-state index in [1.54, 1.807) is 4.90 Å². The summed E-state index contributed by atoms with van der Waals surface area (Å²) in [5.41, 5.74) is 3.73. The quantitative estimate of drug-likeness (QED) is 0.0466. The van der Waals surface area contributed by atoms with E-state index >= 15 is 0 Å². The maximum Gasteiger partial charge on any atom is 0.246 e. The fourth-order valence-corrected chi connectivity index (χ4v) is 2.37. The van der Waals surface area contributed by atoms with Gasteiger partial charge in [-0.25, -0.2) is 0 Å². The molecule has 0 aromatic carbocycles. The number of carbonyl (C=O) groups excluding carboxylic acids is 4. The fourth-order valence-electron chi connectivity index (χ4n) is 2.37. The van der Waals surface area contributed by atoms with Crippen molar-refractivity contribution in [3.63, 3.8) is 0 Å². The Morgan fingerprint density at radius 2 is 1.29 bits per heavy atom.